The van der Waals surface area contributed by atoms with Crippen LogP contribution >= 0.6 is 15.9 Å². The number of Topliss-reactive ketones (excluding diaryl/α,β-unsaturated/α-hetero) is 1. The minimum Gasteiger partial charge on any atom is -0.496 e. The van der Waals surface area contributed by atoms with Crippen LogP contribution in [-0.4, -0.2) is 31.1 Å². The molecule has 1 aliphatic heterocycles. The molecule has 0 atom stereocenters. The van der Waals surface area contributed by atoms with E-state index in [0.29, 0.717) is 28.0 Å². The summed E-state index contributed by atoms with van der Waals surface area (Å²) in [6.07, 6.45) is -0.176. The summed E-state index contributed by atoms with van der Waals surface area (Å²) in [6, 6.07) is 3.37. The molecule has 1 heterocycles. The van der Waals surface area contributed by atoms with Crippen molar-refractivity contribution in [2.45, 2.75) is 32.8 Å². The first-order valence-electron chi connectivity index (χ1n) is 6.64. The molecule has 0 unspecified atom stereocenters. The van der Waals surface area contributed by atoms with E-state index in [-0.39, 0.29) is 12.2 Å². The average Bonchev–Trinajstić information content (AvgIpc) is 2.36. The van der Waals surface area contributed by atoms with Crippen molar-refractivity contribution in [2.24, 2.45) is 0 Å². The summed E-state index contributed by atoms with van der Waals surface area (Å²) in [6.45, 7) is 5.75. The molecular formula is C15H18BrNO4. The van der Waals surface area contributed by atoms with E-state index in [1.165, 1.54) is 12.0 Å². The van der Waals surface area contributed by atoms with Gasteiger partial charge in [-0.05, 0) is 48.8 Å². The van der Waals surface area contributed by atoms with E-state index in [0.717, 1.165) is 0 Å². The summed E-state index contributed by atoms with van der Waals surface area (Å²) in [7, 11) is 1.53. The maximum absolute atomic E-state index is 12.3. The molecule has 1 aromatic carbocycles. The molecular weight excluding hydrogens is 338 g/mol. The third kappa shape index (κ3) is 3.37. The van der Waals surface area contributed by atoms with Crippen molar-refractivity contribution in [1.82, 2.24) is 0 Å². The summed E-state index contributed by atoms with van der Waals surface area (Å²) in [5, 5.41) is 0. The topological polar surface area (TPSA) is 55.8 Å². The molecule has 0 saturated carbocycles. The van der Waals surface area contributed by atoms with Crippen LogP contribution in [0.25, 0.3) is 0 Å². The number of amides is 1. The van der Waals surface area contributed by atoms with E-state index in [1.807, 2.05) is 20.8 Å². The number of hydrogen-bond donors (Lipinski definition) is 0. The van der Waals surface area contributed by atoms with E-state index < -0.39 is 11.7 Å². The van der Waals surface area contributed by atoms with Gasteiger partial charge in [0.25, 0.3) is 0 Å². The van der Waals surface area contributed by atoms with Crippen LogP contribution in [0.15, 0.2) is 16.6 Å². The smallest absolute Gasteiger partial charge is 0.414 e. The van der Waals surface area contributed by atoms with Gasteiger partial charge in [-0.15, -0.1) is 0 Å². The summed E-state index contributed by atoms with van der Waals surface area (Å²) in [5.74, 6) is 0.559. The lowest BCUT2D eigenvalue weighted by Gasteiger charge is -2.31. The zero-order valence-corrected chi connectivity index (χ0v) is 14.1. The third-order valence-electron chi connectivity index (χ3n) is 3.04. The molecule has 2 rings (SSSR count). The van der Waals surface area contributed by atoms with Crippen LogP contribution in [-0.2, 0) is 4.74 Å². The van der Waals surface area contributed by atoms with Gasteiger partial charge in [0.2, 0.25) is 0 Å². The molecule has 0 aliphatic carbocycles. The van der Waals surface area contributed by atoms with Gasteiger partial charge in [0.05, 0.1) is 17.3 Å². The van der Waals surface area contributed by atoms with Crippen LogP contribution in [0.5, 0.6) is 5.75 Å². The Labute approximate surface area is 132 Å². The predicted molar refractivity (Wildman–Crippen MR) is 83.2 cm³/mol. The molecule has 0 bridgehead atoms. The van der Waals surface area contributed by atoms with E-state index in [1.54, 1.807) is 12.1 Å². The highest BCUT2D eigenvalue weighted by molar-refractivity contribution is 9.10. The molecule has 0 N–H and O–H groups in total. The monoisotopic (exact) mass is 355 g/mol. The number of nitrogens with zero attached hydrogens (tertiary/aromatic N) is 1. The number of anilines is 1. The van der Waals surface area contributed by atoms with E-state index in [2.05, 4.69) is 15.9 Å². The lowest BCUT2D eigenvalue weighted by Crippen LogP contribution is -2.41. The second kappa shape index (κ2) is 5.67. The molecule has 21 heavy (non-hydrogen) atoms. The molecule has 5 nitrogen and oxygen atoms in total. The fourth-order valence-electron chi connectivity index (χ4n) is 2.12. The molecule has 6 heteroatoms. The standard InChI is InChI=1S/C15H18BrNO4/c1-15(2,3)21-14(19)17-6-5-12(18)9-7-13(20-4)10(16)8-11(9)17/h7-8H,5-6H2,1-4H3. The van der Waals surface area contributed by atoms with Gasteiger partial charge in [-0.25, -0.2) is 4.79 Å². The molecule has 114 valence electrons. The van der Waals surface area contributed by atoms with E-state index >= 15 is 0 Å². The molecule has 1 aromatic rings. The normalized spacial score (nSPS) is 14.7. The van der Waals surface area contributed by atoms with Crippen molar-refractivity contribution < 1.29 is 19.1 Å². The molecule has 0 saturated heterocycles. The van der Waals surface area contributed by atoms with Gasteiger partial charge in [0.1, 0.15) is 11.4 Å². The average molecular weight is 356 g/mol. The summed E-state index contributed by atoms with van der Waals surface area (Å²) < 4.78 is 11.3. The maximum atomic E-state index is 12.3. The zero-order valence-electron chi connectivity index (χ0n) is 12.5. The van der Waals surface area contributed by atoms with E-state index in [4.69, 9.17) is 9.47 Å². The van der Waals surface area contributed by atoms with Crippen molar-refractivity contribution in [3.05, 3.63) is 22.2 Å². The van der Waals surface area contributed by atoms with Gasteiger partial charge in [-0.2, -0.15) is 0 Å². The number of ketones is 1. The number of methoxy groups -OCH3 is 1. The number of hydrogen-bond acceptors (Lipinski definition) is 4. The first-order chi connectivity index (χ1) is 9.73. The maximum Gasteiger partial charge on any atom is 0.414 e. The second-order valence-electron chi connectivity index (χ2n) is 5.81. The summed E-state index contributed by atoms with van der Waals surface area (Å²) >= 11 is 3.38. The Kier molecular flexibility index (Phi) is 4.27. The summed E-state index contributed by atoms with van der Waals surface area (Å²) in [5.41, 5.74) is 0.447. The van der Waals surface area contributed by atoms with Gasteiger partial charge in [0, 0.05) is 18.5 Å². The molecule has 1 amide bonds. The van der Waals surface area contributed by atoms with Crippen LogP contribution in [0.4, 0.5) is 10.5 Å². The number of carbonyl (C=O) groups is 2. The van der Waals surface area contributed by atoms with Gasteiger partial charge in [0.15, 0.2) is 5.78 Å². The van der Waals surface area contributed by atoms with Gasteiger partial charge < -0.3 is 9.47 Å². The summed E-state index contributed by atoms with van der Waals surface area (Å²) in [4.78, 5) is 25.9. The van der Waals surface area contributed by atoms with Gasteiger partial charge in [-0.3, -0.25) is 9.69 Å². The molecule has 0 spiro atoms. The van der Waals surface area contributed by atoms with Crippen LogP contribution in [0.2, 0.25) is 0 Å². The number of ether oxygens (including phenoxy) is 2. The van der Waals surface area contributed by atoms with Crippen molar-refractivity contribution in [3.63, 3.8) is 0 Å². The van der Waals surface area contributed by atoms with Crippen LogP contribution in [0, 0.1) is 0 Å². The Balaban J connectivity index is 2.42. The first kappa shape index (κ1) is 15.8. The number of fused-ring (bicyclic) bond motifs is 1. The number of benzene rings is 1. The highest BCUT2D eigenvalue weighted by Crippen LogP contribution is 2.36. The van der Waals surface area contributed by atoms with Crippen molar-refractivity contribution in [1.29, 1.82) is 0 Å². The fourth-order valence-corrected chi connectivity index (χ4v) is 2.61. The second-order valence-corrected chi connectivity index (χ2v) is 6.66. The minimum absolute atomic E-state index is 0.00407. The fraction of sp³-hybridized carbons (Fsp3) is 0.467. The van der Waals surface area contributed by atoms with Crippen molar-refractivity contribution in [3.8, 4) is 5.75 Å². The van der Waals surface area contributed by atoms with Crippen LogP contribution < -0.4 is 9.64 Å². The highest BCUT2D eigenvalue weighted by Gasteiger charge is 2.31. The van der Waals surface area contributed by atoms with E-state index in [9.17, 15) is 9.59 Å². The quantitative estimate of drug-likeness (QED) is 0.768. The molecule has 0 aromatic heterocycles. The number of rotatable bonds is 1. The Morgan fingerprint density at radius 1 is 1.33 bits per heavy atom. The Bertz CT molecular complexity index is 592. The Hall–Kier alpha value is -1.56. The highest BCUT2D eigenvalue weighted by atomic mass is 79.9. The Morgan fingerprint density at radius 2 is 2.00 bits per heavy atom. The predicted octanol–water partition coefficient (Wildman–Crippen LogP) is 3.79. The Morgan fingerprint density at radius 3 is 2.57 bits per heavy atom. The number of carbonyl (C=O) groups excluding carboxylic acids is 2. The third-order valence-corrected chi connectivity index (χ3v) is 3.66. The molecule has 0 radical (unpaired) electrons. The van der Waals surface area contributed by atoms with Crippen molar-refractivity contribution >= 4 is 33.5 Å². The lowest BCUT2D eigenvalue weighted by molar-refractivity contribution is 0.0577. The molecule has 1 aliphatic rings. The largest absolute Gasteiger partial charge is 0.496 e. The van der Waals surface area contributed by atoms with Gasteiger partial charge >= 0.3 is 6.09 Å². The molecule has 0 fully saturated rings. The lowest BCUT2D eigenvalue weighted by atomic mass is 10.0. The van der Waals surface area contributed by atoms with Crippen LogP contribution in [0.1, 0.15) is 37.6 Å². The zero-order chi connectivity index (χ0) is 15.8. The van der Waals surface area contributed by atoms with Crippen LogP contribution in [0.3, 0.4) is 0 Å². The van der Waals surface area contributed by atoms with Crippen molar-refractivity contribution in [2.75, 3.05) is 18.6 Å². The number of halogens is 1. The SMILES string of the molecule is COc1cc2c(cc1Br)N(C(=O)OC(C)(C)C)CCC2=O. The first-order valence-corrected chi connectivity index (χ1v) is 7.43. The van der Waals surface area contributed by atoms with Gasteiger partial charge in [-0.1, -0.05) is 0 Å². The minimum atomic E-state index is -0.581.